The maximum atomic E-state index is 13.2. The van der Waals surface area contributed by atoms with E-state index in [-0.39, 0.29) is 11.6 Å². The van der Waals surface area contributed by atoms with Gasteiger partial charge in [-0.05, 0) is 65.8 Å². The normalized spacial score (nSPS) is 10.7. The summed E-state index contributed by atoms with van der Waals surface area (Å²) in [6.45, 7) is 4.10. The molecule has 0 radical (unpaired) electrons. The first-order valence-corrected chi connectivity index (χ1v) is 9.05. The molecule has 0 aromatic heterocycles. The van der Waals surface area contributed by atoms with Gasteiger partial charge in [-0.15, -0.1) is 0 Å². The van der Waals surface area contributed by atoms with E-state index in [0.717, 1.165) is 34.2 Å². The van der Waals surface area contributed by atoms with Crippen LogP contribution in [0.15, 0.2) is 66.7 Å². The molecule has 0 aliphatic carbocycles. The molecule has 0 aliphatic heterocycles. The second-order valence-electron chi connectivity index (χ2n) is 6.66. The summed E-state index contributed by atoms with van der Waals surface area (Å²) < 4.78 is 13.2. The van der Waals surface area contributed by atoms with Crippen LogP contribution in [-0.4, -0.2) is 5.78 Å². The van der Waals surface area contributed by atoms with E-state index in [9.17, 15) is 9.18 Å². The van der Waals surface area contributed by atoms with Crippen LogP contribution < -0.4 is 0 Å². The van der Waals surface area contributed by atoms with Gasteiger partial charge in [0.1, 0.15) is 5.82 Å². The SMILES string of the molecule is CCCC(=O)c1ccc(Cc2ccc(F)cc2)c(-c2ccccc2C)c1. The summed E-state index contributed by atoms with van der Waals surface area (Å²) in [6, 6.07) is 20.8. The van der Waals surface area contributed by atoms with Gasteiger partial charge in [-0.1, -0.05) is 55.5 Å². The first-order chi connectivity index (χ1) is 12.6. The van der Waals surface area contributed by atoms with Crippen LogP contribution in [0.3, 0.4) is 0 Å². The van der Waals surface area contributed by atoms with Crippen LogP contribution in [0, 0.1) is 12.7 Å². The van der Waals surface area contributed by atoms with E-state index in [1.54, 1.807) is 0 Å². The van der Waals surface area contributed by atoms with Gasteiger partial charge in [0.15, 0.2) is 5.78 Å². The maximum Gasteiger partial charge on any atom is 0.162 e. The van der Waals surface area contributed by atoms with Crippen LogP contribution in [-0.2, 0) is 6.42 Å². The van der Waals surface area contributed by atoms with Crippen molar-refractivity contribution in [2.75, 3.05) is 0 Å². The summed E-state index contributed by atoms with van der Waals surface area (Å²) in [6.07, 6.45) is 2.10. The molecule has 0 saturated heterocycles. The molecule has 3 aromatic rings. The Morgan fingerprint density at radius 2 is 1.65 bits per heavy atom. The molecule has 0 spiro atoms. The van der Waals surface area contributed by atoms with Gasteiger partial charge < -0.3 is 0 Å². The maximum absolute atomic E-state index is 13.2. The lowest BCUT2D eigenvalue weighted by Crippen LogP contribution is -2.01. The number of carbonyl (C=O) groups excluding carboxylic acids is 1. The van der Waals surface area contributed by atoms with Crippen LogP contribution in [0.5, 0.6) is 0 Å². The van der Waals surface area contributed by atoms with E-state index in [1.165, 1.54) is 17.7 Å². The highest BCUT2D eigenvalue weighted by Gasteiger charge is 2.13. The Kier molecular flexibility index (Phi) is 5.62. The number of benzene rings is 3. The molecular weight excluding hydrogens is 323 g/mol. The first kappa shape index (κ1) is 18.1. The van der Waals surface area contributed by atoms with Crippen molar-refractivity contribution in [3.63, 3.8) is 0 Å². The highest BCUT2D eigenvalue weighted by atomic mass is 19.1. The summed E-state index contributed by atoms with van der Waals surface area (Å²) in [5.74, 6) is -0.0518. The molecule has 0 fully saturated rings. The Labute approximate surface area is 154 Å². The van der Waals surface area contributed by atoms with E-state index in [1.807, 2.05) is 49.4 Å². The second-order valence-corrected chi connectivity index (χ2v) is 6.66. The van der Waals surface area contributed by atoms with E-state index >= 15 is 0 Å². The van der Waals surface area contributed by atoms with E-state index in [2.05, 4.69) is 19.1 Å². The Morgan fingerprint density at radius 1 is 0.923 bits per heavy atom. The monoisotopic (exact) mass is 346 g/mol. The lowest BCUT2D eigenvalue weighted by Gasteiger charge is -2.14. The Bertz CT molecular complexity index is 910. The molecular formula is C24H23FO. The predicted molar refractivity (Wildman–Crippen MR) is 105 cm³/mol. The molecule has 0 aliphatic rings. The van der Waals surface area contributed by atoms with Gasteiger partial charge in [-0.3, -0.25) is 4.79 Å². The van der Waals surface area contributed by atoms with Crippen LogP contribution in [0.4, 0.5) is 4.39 Å². The van der Waals surface area contributed by atoms with Crippen molar-refractivity contribution >= 4 is 5.78 Å². The standard InChI is InChI=1S/C24H23FO/c1-3-6-24(26)20-12-11-19(15-18-9-13-21(25)14-10-18)23(16-20)22-8-5-4-7-17(22)2/h4-5,7-14,16H,3,6,15H2,1-2H3. The average molecular weight is 346 g/mol. The zero-order chi connectivity index (χ0) is 18.5. The number of hydrogen-bond donors (Lipinski definition) is 0. The van der Waals surface area contributed by atoms with Crippen LogP contribution in [0.1, 0.15) is 46.8 Å². The average Bonchev–Trinajstić information content (AvgIpc) is 2.65. The van der Waals surface area contributed by atoms with Gasteiger partial charge in [-0.2, -0.15) is 0 Å². The minimum Gasteiger partial charge on any atom is -0.294 e. The van der Waals surface area contributed by atoms with Gasteiger partial charge >= 0.3 is 0 Å². The summed E-state index contributed by atoms with van der Waals surface area (Å²) in [5.41, 5.74) is 6.33. The van der Waals surface area contributed by atoms with Crippen molar-refractivity contribution in [2.24, 2.45) is 0 Å². The molecule has 132 valence electrons. The van der Waals surface area contributed by atoms with Gasteiger partial charge in [0, 0.05) is 12.0 Å². The number of rotatable bonds is 6. The molecule has 0 unspecified atom stereocenters. The van der Waals surface area contributed by atoms with Crippen molar-refractivity contribution in [1.82, 2.24) is 0 Å². The molecule has 26 heavy (non-hydrogen) atoms. The molecule has 0 N–H and O–H groups in total. The third kappa shape index (κ3) is 4.08. The minimum atomic E-state index is -0.228. The van der Waals surface area contributed by atoms with Crippen molar-refractivity contribution in [3.05, 3.63) is 94.8 Å². The second kappa shape index (κ2) is 8.09. The zero-order valence-corrected chi connectivity index (χ0v) is 15.3. The molecule has 3 rings (SSSR count). The first-order valence-electron chi connectivity index (χ1n) is 9.05. The van der Waals surface area contributed by atoms with E-state index < -0.39 is 0 Å². The molecule has 2 heteroatoms. The Hall–Kier alpha value is -2.74. The molecule has 0 atom stereocenters. The highest BCUT2D eigenvalue weighted by Crippen LogP contribution is 2.30. The predicted octanol–water partition coefficient (Wildman–Crippen LogP) is 6.37. The van der Waals surface area contributed by atoms with Crippen molar-refractivity contribution in [3.8, 4) is 11.1 Å². The topological polar surface area (TPSA) is 17.1 Å². The molecule has 0 amide bonds. The van der Waals surface area contributed by atoms with Gasteiger partial charge in [-0.25, -0.2) is 4.39 Å². The fraction of sp³-hybridized carbons (Fsp3) is 0.208. The molecule has 0 bridgehead atoms. The number of halogens is 1. The Balaban J connectivity index is 2.06. The summed E-state index contributed by atoms with van der Waals surface area (Å²) in [5, 5.41) is 0. The minimum absolute atomic E-state index is 0.177. The van der Waals surface area contributed by atoms with Gasteiger partial charge in [0.25, 0.3) is 0 Å². The highest BCUT2D eigenvalue weighted by molar-refractivity contribution is 5.97. The van der Waals surface area contributed by atoms with E-state index in [4.69, 9.17) is 0 Å². The summed E-state index contributed by atoms with van der Waals surface area (Å²) in [4.78, 5) is 12.4. The number of carbonyl (C=O) groups is 1. The van der Waals surface area contributed by atoms with Gasteiger partial charge in [0.2, 0.25) is 0 Å². The number of hydrogen-bond acceptors (Lipinski definition) is 1. The van der Waals surface area contributed by atoms with Crippen LogP contribution in [0.25, 0.3) is 11.1 Å². The molecule has 0 saturated carbocycles. The third-order valence-corrected chi connectivity index (χ3v) is 4.65. The number of ketones is 1. The quantitative estimate of drug-likeness (QED) is 0.474. The smallest absolute Gasteiger partial charge is 0.162 e. The zero-order valence-electron chi connectivity index (χ0n) is 15.3. The fourth-order valence-electron chi connectivity index (χ4n) is 3.22. The van der Waals surface area contributed by atoms with Crippen LogP contribution >= 0.6 is 0 Å². The van der Waals surface area contributed by atoms with Crippen molar-refractivity contribution in [1.29, 1.82) is 0 Å². The van der Waals surface area contributed by atoms with Gasteiger partial charge in [0.05, 0.1) is 0 Å². The molecule has 3 aromatic carbocycles. The summed E-state index contributed by atoms with van der Waals surface area (Å²) >= 11 is 0. The summed E-state index contributed by atoms with van der Waals surface area (Å²) in [7, 11) is 0. The van der Waals surface area contributed by atoms with Crippen molar-refractivity contribution < 1.29 is 9.18 Å². The third-order valence-electron chi connectivity index (χ3n) is 4.65. The largest absolute Gasteiger partial charge is 0.294 e. The molecule has 1 nitrogen and oxygen atoms in total. The lowest BCUT2D eigenvalue weighted by atomic mass is 9.90. The number of aryl methyl sites for hydroxylation is 1. The lowest BCUT2D eigenvalue weighted by molar-refractivity contribution is 0.0982. The number of Topliss-reactive ketones (excluding diaryl/α,β-unsaturated/α-hetero) is 1. The van der Waals surface area contributed by atoms with E-state index in [0.29, 0.717) is 12.8 Å². The Morgan fingerprint density at radius 3 is 2.35 bits per heavy atom. The molecule has 0 heterocycles. The van der Waals surface area contributed by atoms with Crippen molar-refractivity contribution in [2.45, 2.75) is 33.1 Å². The van der Waals surface area contributed by atoms with Crippen LogP contribution in [0.2, 0.25) is 0 Å². The fourth-order valence-corrected chi connectivity index (χ4v) is 3.22.